The fourth-order valence-corrected chi connectivity index (χ4v) is 1.82. The predicted octanol–water partition coefficient (Wildman–Crippen LogP) is 2.10. The summed E-state index contributed by atoms with van der Waals surface area (Å²) in [6.07, 6.45) is 1.25. The third-order valence-electron chi connectivity index (χ3n) is 2.99. The Morgan fingerprint density at radius 3 is 2.24 bits per heavy atom. The number of esters is 1. The average Bonchev–Trinajstić information content (AvgIpc) is 2.15. The third kappa shape index (κ3) is 4.46. The zero-order valence-corrected chi connectivity index (χ0v) is 11.2. The van der Waals surface area contributed by atoms with E-state index in [4.69, 9.17) is 9.47 Å². The fraction of sp³-hybridized carbons (Fsp3) is 0.846. The number of Topliss-reactive ketones (excluding diaryl/α,β-unsaturated/α-hetero) is 1. The van der Waals surface area contributed by atoms with Gasteiger partial charge in [-0.1, -0.05) is 6.92 Å². The molecular formula is C13H22O4. The van der Waals surface area contributed by atoms with Gasteiger partial charge in [0, 0.05) is 18.6 Å². The molecule has 1 aliphatic heterocycles. The molecule has 0 spiro atoms. The van der Waals surface area contributed by atoms with Gasteiger partial charge < -0.3 is 9.47 Å². The van der Waals surface area contributed by atoms with Gasteiger partial charge in [-0.05, 0) is 33.6 Å². The first-order valence-corrected chi connectivity index (χ1v) is 6.06. The highest BCUT2D eigenvalue weighted by atomic mass is 16.6. The summed E-state index contributed by atoms with van der Waals surface area (Å²) in [6.45, 7) is 8.48. The molecule has 4 heteroatoms. The smallest absolute Gasteiger partial charge is 0.313 e. The van der Waals surface area contributed by atoms with Crippen molar-refractivity contribution in [3.8, 4) is 0 Å². The first-order chi connectivity index (χ1) is 7.73. The number of hydrogen-bond acceptors (Lipinski definition) is 4. The Morgan fingerprint density at radius 2 is 1.76 bits per heavy atom. The second kappa shape index (κ2) is 5.17. The van der Waals surface area contributed by atoms with Crippen molar-refractivity contribution in [2.45, 2.75) is 52.6 Å². The molecule has 0 aromatic heterocycles. The fourth-order valence-electron chi connectivity index (χ4n) is 1.82. The van der Waals surface area contributed by atoms with Crippen LogP contribution in [0.15, 0.2) is 0 Å². The van der Waals surface area contributed by atoms with E-state index < -0.39 is 17.0 Å². The second-order valence-corrected chi connectivity index (χ2v) is 5.86. The quantitative estimate of drug-likeness (QED) is 0.562. The van der Waals surface area contributed by atoms with Crippen molar-refractivity contribution in [3.63, 3.8) is 0 Å². The molecule has 1 aliphatic rings. The van der Waals surface area contributed by atoms with E-state index >= 15 is 0 Å². The summed E-state index contributed by atoms with van der Waals surface area (Å²) in [6, 6.07) is 0. The number of rotatable bonds is 3. The van der Waals surface area contributed by atoms with E-state index in [1.54, 1.807) is 20.8 Å². The van der Waals surface area contributed by atoms with E-state index in [0.717, 1.165) is 0 Å². The average molecular weight is 242 g/mol. The molecular weight excluding hydrogens is 220 g/mol. The van der Waals surface area contributed by atoms with E-state index in [-0.39, 0.29) is 12.2 Å². The lowest BCUT2D eigenvalue weighted by atomic mass is 9.77. The maximum atomic E-state index is 12.1. The number of hydrogen-bond donors (Lipinski definition) is 0. The van der Waals surface area contributed by atoms with E-state index in [1.165, 1.54) is 0 Å². The molecule has 1 rings (SSSR count). The minimum absolute atomic E-state index is 0.0324. The van der Waals surface area contributed by atoms with Crippen LogP contribution in [-0.4, -0.2) is 30.6 Å². The van der Waals surface area contributed by atoms with Gasteiger partial charge in [0.2, 0.25) is 0 Å². The molecule has 0 aromatic carbocycles. The topological polar surface area (TPSA) is 52.6 Å². The van der Waals surface area contributed by atoms with E-state index in [1.807, 2.05) is 6.92 Å². The van der Waals surface area contributed by atoms with Crippen LogP contribution in [0, 0.1) is 5.41 Å². The molecule has 4 nitrogen and oxygen atoms in total. The lowest BCUT2D eigenvalue weighted by molar-refractivity contribution is -0.158. The molecule has 0 saturated carbocycles. The lowest BCUT2D eigenvalue weighted by Gasteiger charge is -2.32. The maximum Gasteiger partial charge on any atom is 0.313 e. The highest BCUT2D eigenvalue weighted by Crippen LogP contribution is 2.32. The number of ketones is 1. The molecule has 0 amide bonds. The Bertz CT molecular complexity index is 295. The number of carbonyl (C=O) groups excluding carboxylic acids is 2. The van der Waals surface area contributed by atoms with E-state index in [2.05, 4.69) is 0 Å². The number of ether oxygens (including phenoxy) is 2. The van der Waals surface area contributed by atoms with Crippen molar-refractivity contribution in [1.82, 2.24) is 0 Å². The van der Waals surface area contributed by atoms with Gasteiger partial charge in [0.05, 0.1) is 0 Å². The molecule has 0 atom stereocenters. The number of carbonyl (C=O) groups is 2. The normalized spacial score (nSPS) is 19.8. The van der Waals surface area contributed by atoms with Gasteiger partial charge in [0.1, 0.15) is 17.8 Å². The summed E-state index contributed by atoms with van der Waals surface area (Å²) in [4.78, 5) is 23.6. The Balaban J connectivity index is 2.51. The summed E-state index contributed by atoms with van der Waals surface area (Å²) in [5, 5.41) is 0. The molecule has 0 aliphatic carbocycles. The van der Waals surface area contributed by atoms with Gasteiger partial charge in [0.15, 0.2) is 0 Å². The second-order valence-electron chi connectivity index (χ2n) is 5.86. The third-order valence-corrected chi connectivity index (χ3v) is 2.99. The summed E-state index contributed by atoms with van der Waals surface area (Å²) < 4.78 is 10.4. The molecule has 17 heavy (non-hydrogen) atoms. The first kappa shape index (κ1) is 14.2. The van der Waals surface area contributed by atoms with Crippen molar-refractivity contribution >= 4 is 11.8 Å². The zero-order valence-electron chi connectivity index (χ0n) is 11.2. The van der Waals surface area contributed by atoms with Crippen molar-refractivity contribution < 1.29 is 19.1 Å². The highest BCUT2D eigenvalue weighted by molar-refractivity contribution is 5.98. The van der Waals surface area contributed by atoms with Crippen LogP contribution in [-0.2, 0) is 19.1 Å². The Labute approximate surface area is 103 Å². The monoisotopic (exact) mass is 242 g/mol. The van der Waals surface area contributed by atoms with Crippen LogP contribution < -0.4 is 0 Å². The summed E-state index contributed by atoms with van der Waals surface area (Å²) in [5.74, 6) is -0.467. The van der Waals surface area contributed by atoms with Crippen molar-refractivity contribution in [1.29, 1.82) is 0 Å². The molecule has 98 valence electrons. The summed E-state index contributed by atoms with van der Waals surface area (Å²) in [5.41, 5.74) is -0.955. The van der Waals surface area contributed by atoms with Crippen molar-refractivity contribution in [2.75, 3.05) is 13.2 Å². The van der Waals surface area contributed by atoms with Crippen LogP contribution in [0.25, 0.3) is 0 Å². The van der Waals surface area contributed by atoms with Crippen LogP contribution >= 0.6 is 0 Å². The van der Waals surface area contributed by atoms with Gasteiger partial charge in [-0.25, -0.2) is 0 Å². The minimum atomic E-state index is -0.534. The molecule has 1 heterocycles. The molecule has 0 bridgehead atoms. The molecule has 0 aromatic rings. The highest BCUT2D eigenvalue weighted by Gasteiger charge is 2.36. The maximum absolute atomic E-state index is 12.1. The largest absolute Gasteiger partial charge is 0.460 e. The van der Waals surface area contributed by atoms with Crippen LogP contribution in [0.5, 0.6) is 0 Å². The molecule has 0 N–H and O–H groups in total. The van der Waals surface area contributed by atoms with Gasteiger partial charge in [-0.15, -0.1) is 0 Å². The Hall–Kier alpha value is -0.900. The molecule has 0 unspecified atom stereocenters. The van der Waals surface area contributed by atoms with Crippen LogP contribution in [0.4, 0.5) is 0 Å². The minimum Gasteiger partial charge on any atom is -0.460 e. The summed E-state index contributed by atoms with van der Waals surface area (Å²) >= 11 is 0. The van der Waals surface area contributed by atoms with Crippen molar-refractivity contribution in [3.05, 3.63) is 0 Å². The van der Waals surface area contributed by atoms with Crippen LogP contribution in [0.3, 0.4) is 0 Å². The van der Waals surface area contributed by atoms with E-state index in [0.29, 0.717) is 26.1 Å². The van der Waals surface area contributed by atoms with Gasteiger partial charge >= 0.3 is 5.97 Å². The van der Waals surface area contributed by atoms with Gasteiger partial charge in [0.25, 0.3) is 0 Å². The predicted molar refractivity (Wildman–Crippen MR) is 63.6 cm³/mol. The van der Waals surface area contributed by atoms with Crippen molar-refractivity contribution in [2.24, 2.45) is 5.41 Å². The zero-order chi connectivity index (χ0) is 13.1. The van der Waals surface area contributed by atoms with Crippen LogP contribution in [0.1, 0.15) is 47.0 Å². The lowest BCUT2D eigenvalue weighted by Crippen LogP contribution is -2.36. The van der Waals surface area contributed by atoms with Gasteiger partial charge in [-0.2, -0.15) is 0 Å². The van der Waals surface area contributed by atoms with E-state index in [9.17, 15) is 9.59 Å². The molecule has 1 fully saturated rings. The van der Waals surface area contributed by atoms with Crippen LogP contribution in [0.2, 0.25) is 0 Å². The first-order valence-electron chi connectivity index (χ1n) is 6.06. The Morgan fingerprint density at radius 1 is 1.24 bits per heavy atom. The summed E-state index contributed by atoms with van der Waals surface area (Å²) in [7, 11) is 0. The standard InChI is InChI=1S/C13H22O4/c1-12(2,3)17-11(15)9-10(14)13(4)5-7-16-8-6-13/h5-9H2,1-4H3. The Kier molecular flexibility index (Phi) is 4.31. The molecule has 0 radical (unpaired) electrons. The van der Waals surface area contributed by atoms with Gasteiger partial charge in [-0.3, -0.25) is 9.59 Å². The SMILES string of the molecule is CC(C)(C)OC(=O)CC(=O)C1(C)CCOCC1. The molecule has 1 saturated heterocycles.